The van der Waals surface area contributed by atoms with Crippen LogP contribution in [0.3, 0.4) is 0 Å². The molecule has 1 fully saturated rings. The quantitative estimate of drug-likeness (QED) is 0.834. The van der Waals surface area contributed by atoms with Crippen LogP contribution in [0.5, 0.6) is 0 Å². The smallest absolute Gasteiger partial charge is 0.243 e. The lowest BCUT2D eigenvalue weighted by Gasteiger charge is -2.32. The monoisotopic (exact) mass is 334 g/mol. The molecule has 4 nitrogen and oxygen atoms in total. The summed E-state index contributed by atoms with van der Waals surface area (Å²) in [6.07, 6.45) is 2.45. The summed E-state index contributed by atoms with van der Waals surface area (Å²) < 4.78 is 41.2. The van der Waals surface area contributed by atoms with Gasteiger partial charge in [-0.05, 0) is 43.2 Å². The standard InChI is InChI=1S/C14H20ClFN2O2S/c1-8-3-4-11(5-9(8)2)18-21(19,20)13-7-10(17)6-12(15)14(13)16/h6-9,11,18H,3-5,17H2,1-2H3. The Morgan fingerprint density at radius 1 is 1.29 bits per heavy atom. The second-order valence-corrected chi connectivity index (χ2v) is 7.99. The summed E-state index contributed by atoms with van der Waals surface area (Å²) in [4.78, 5) is -0.487. The first-order valence-corrected chi connectivity index (χ1v) is 8.83. The summed E-state index contributed by atoms with van der Waals surface area (Å²) in [7, 11) is -3.97. The van der Waals surface area contributed by atoms with Gasteiger partial charge < -0.3 is 5.73 Å². The number of nitrogens with one attached hydrogen (secondary N) is 1. The van der Waals surface area contributed by atoms with E-state index >= 15 is 0 Å². The molecule has 0 bridgehead atoms. The number of hydrogen-bond donors (Lipinski definition) is 2. The van der Waals surface area contributed by atoms with E-state index in [1.165, 1.54) is 6.07 Å². The van der Waals surface area contributed by atoms with Crippen LogP contribution in [0, 0.1) is 17.7 Å². The fourth-order valence-corrected chi connectivity index (χ4v) is 4.42. The fourth-order valence-electron chi connectivity index (χ4n) is 2.72. The predicted molar refractivity (Wildman–Crippen MR) is 82.1 cm³/mol. The van der Waals surface area contributed by atoms with Crippen LogP contribution < -0.4 is 10.5 Å². The Morgan fingerprint density at radius 3 is 2.57 bits per heavy atom. The molecule has 3 N–H and O–H groups in total. The number of anilines is 1. The maximum absolute atomic E-state index is 14.0. The van der Waals surface area contributed by atoms with Gasteiger partial charge in [0, 0.05) is 11.7 Å². The second-order valence-electron chi connectivity index (χ2n) is 5.90. The van der Waals surface area contributed by atoms with E-state index in [0.29, 0.717) is 11.8 Å². The number of nitrogen functional groups attached to an aromatic ring is 1. The van der Waals surface area contributed by atoms with Crippen molar-refractivity contribution in [1.29, 1.82) is 0 Å². The number of sulfonamides is 1. The van der Waals surface area contributed by atoms with Gasteiger partial charge in [0.15, 0.2) is 5.82 Å². The Kier molecular flexibility index (Phi) is 4.80. The van der Waals surface area contributed by atoms with Crippen molar-refractivity contribution in [3.8, 4) is 0 Å². The zero-order valence-electron chi connectivity index (χ0n) is 12.1. The van der Waals surface area contributed by atoms with Crippen LogP contribution in [-0.2, 0) is 10.0 Å². The van der Waals surface area contributed by atoms with E-state index < -0.39 is 20.7 Å². The van der Waals surface area contributed by atoms with Gasteiger partial charge in [-0.2, -0.15) is 0 Å². The molecule has 0 heterocycles. The van der Waals surface area contributed by atoms with Crippen LogP contribution in [0.1, 0.15) is 33.1 Å². The Labute approximate surface area is 129 Å². The topological polar surface area (TPSA) is 72.2 Å². The van der Waals surface area contributed by atoms with E-state index in [0.717, 1.165) is 25.3 Å². The van der Waals surface area contributed by atoms with Gasteiger partial charge in [0.05, 0.1) is 5.02 Å². The van der Waals surface area contributed by atoms with E-state index in [4.69, 9.17) is 17.3 Å². The third kappa shape index (κ3) is 3.67. The highest BCUT2D eigenvalue weighted by Gasteiger charge is 2.30. The zero-order valence-corrected chi connectivity index (χ0v) is 13.6. The molecule has 0 saturated heterocycles. The molecular formula is C14H20ClFN2O2S. The van der Waals surface area contributed by atoms with Crippen molar-refractivity contribution in [2.45, 2.75) is 44.0 Å². The van der Waals surface area contributed by atoms with Gasteiger partial charge in [-0.25, -0.2) is 17.5 Å². The molecule has 1 aliphatic carbocycles. The fraction of sp³-hybridized carbons (Fsp3) is 0.571. The Balaban J connectivity index is 2.23. The molecular weight excluding hydrogens is 315 g/mol. The SMILES string of the molecule is CC1CCC(NS(=O)(=O)c2cc(N)cc(Cl)c2F)CC1C. The Bertz CT molecular complexity index is 636. The van der Waals surface area contributed by atoms with Crippen LogP contribution in [0.2, 0.25) is 5.02 Å². The third-order valence-electron chi connectivity index (χ3n) is 4.23. The molecule has 3 unspecified atom stereocenters. The summed E-state index contributed by atoms with van der Waals surface area (Å²) in [6, 6.07) is 2.11. The lowest BCUT2D eigenvalue weighted by atomic mass is 9.79. The number of nitrogens with two attached hydrogens (primary N) is 1. The first-order valence-electron chi connectivity index (χ1n) is 6.97. The first-order chi connectivity index (χ1) is 9.70. The summed E-state index contributed by atoms with van der Waals surface area (Å²) in [6.45, 7) is 4.26. The summed E-state index contributed by atoms with van der Waals surface area (Å²) in [5.74, 6) is 0.0422. The van der Waals surface area contributed by atoms with Crippen LogP contribution in [0.4, 0.5) is 10.1 Å². The van der Waals surface area contributed by atoms with Gasteiger partial charge in [0.1, 0.15) is 4.90 Å². The van der Waals surface area contributed by atoms with Crippen molar-refractivity contribution < 1.29 is 12.8 Å². The average Bonchev–Trinajstić information content (AvgIpc) is 2.37. The Morgan fingerprint density at radius 2 is 1.95 bits per heavy atom. The molecule has 0 radical (unpaired) electrons. The minimum absolute atomic E-state index is 0.118. The molecule has 1 saturated carbocycles. The van der Waals surface area contributed by atoms with Gasteiger partial charge in [-0.15, -0.1) is 0 Å². The first kappa shape index (κ1) is 16.5. The van der Waals surface area contributed by atoms with Crippen LogP contribution >= 0.6 is 11.6 Å². The van der Waals surface area contributed by atoms with E-state index in [9.17, 15) is 12.8 Å². The lowest BCUT2D eigenvalue weighted by Crippen LogP contribution is -2.40. The molecule has 0 aromatic heterocycles. The summed E-state index contributed by atoms with van der Waals surface area (Å²) in [5.41, 5.74) is 5.67. The predicted octanol–water partition coefficient (Wildman–Crippen LogP) is 3.16. The number of rotatable bonds is 3. The number of hydrogen-bond acceptors (Lipinski definition) is 3. The third-order valence-corrected chi connectivity index (χ3v) is 6.02. The molecule has 1 aromatic carbocycles. The number of benzene rings is 1. The molecule has 0 spiro atoms. The van der Waals surface area contributed by atoms with Gasteiger partial charge in [0.2, 0.25) is 10.0 Å². The highest BCUT2D eigenvalue weighted by atomic mass is 35.5. The molecule has 0 amide bonds. The van der Waals surface area contributed by atoms with Gasteiger partial charge in [-0.3, -0.25) is 0 Å². The van der Waals surface area contributed by atoms with Crippen LogP contribution in [-0.4, -0.2) is 14.5 Å². The Hall–Kier alpha value is -0.850. The normalized spacial score (nSPS) is 26.8. The summed E-state index contributed by atoms with van der Waals surface area (Å²) >= 11 is 5.66. The van der Waals surface area contributed by atoms with E-state index in [1.54, 1.807) is 0 Å². The van der Waals surface area contributed by atoms with Crippen molar-refractivity contribution in [2.75, 3.05) is 5.73 Å². The molecule has 1 aliphatic rings. The minimum atomic E-state index is -3.97. The number of halogens is 2. The molecule has 7 heteroatoms. The largest absolute Gasteiger partial charge is 0.399 e. The van der Waals surface area contributed by atoms with Crippen molar-refractivity contribution in [2.24, 2.45) is 11.8 Å². The van der Waals surface area contributed by atoms with Crippen LogP contribution in [0.15, 0.2) is 17.0 Å². The molecule has 2 rings (SSSR count). The van der Waals surface area contributed by atoms with E-state index in [1.807, 2.05) is 0 Å². The highest BCUT2D eigenvalue weighted by Crippen LogP contribution is 2.31. The van der Waals surface area contributed by atoms with Crippen LogP contribution in [0.25, 0.3) is 0 Å². The van der Waals surface area contributed by atoms with Crippen molar-refractivity contribution in [3.63, 3.8) is 0 Å². The molecule has 1 aromatic rings. The van der Waals surface area contributed by atoms with Gasteiger partial charge in [-0.1, -0.05) is 25.4 Å². The second kappa shape index (κ2) is 6.10. The molecule has 0 aliphatic heterocycles. The molecule has 21 heavy (non-hydrogen) atoms. The van der Waals surface area contributed by atoms with Crippen molar-refractivity contribution in [1.82, 2.24) is 4.72 Å². The highest BCUT2D eigenvalue weighted by molar-refractivity contribution is 7.89. The van der Waals surface area contributed by atoms with Gasteiger partial charge in [0.25, 0.3) is 0 Å². The molecule has 118 valence electrons. The van der Waals surface area contributed by atoms with Crippen molar-refractivity contribution >= 4 is 27.3 Å². The maximum atomic E-state index is 14.0. The van der Waals surface area contributed by atoms with Gasteiger partial charge >= 0.3 is 0 Å². The maximum Gasteiger partial charge on any atom is 0.243 e. The van der Waals surface area contributed by atoms with E-state index in [2.05, 4.69) is 18.6 Å². The minimum Gasteiger partial charge on any atom is -0.399 e. The summed E-state index contributed by atoms with van der Waals surface area (Å²) in [5, 5.41) is -0.291. The van der Waals surface area contributed by atoms with Crippen molar-refractivity contribution in [3.05, 3.63) is 23.0 Å². The lowest BCUT2D eigenvalue weighted by molar-refractivity contribution is 0.241. The van der Waals surface area contributed by atoms with E-state index in [-0.39, 0.29) is 16.8 Å². The zero-order chi connectivity index (χ0) is 15.8. The average molecular weight is 335 g/mol. The molecule has 3 atom stereocenters.